The lowest BCUT2D eigenvalue weighted by atomic mass is 10.3. The van der Waals surface area contributed by atoms with Gasteiger partial charge in [0.2, 0.25) is 0 Å². The standard InChI is InChI=1S/C5H10N2O/c1-4(6)5(7)3-8-2/h6-7H,3H2,1-2H3. The van der Waals surface area contributed by atoms with Crippen LogP contribution in [-0.2, 0) is 4.74 Å². The van der Waals surface area contributed by atoms with Crippen molar-refractivity contribution in [2.24, 2.45) is 0 Å². The van der Waals surface area contributed by atoms with Crippen molar-refractivity contribution in [2.75, 3.05) is 13.7 Å². The molecule has 0 spiro atoms. The van der Waals surface area contributed by atoms with Crippen molar-refractivity contribution in [2.45, 2.75) is 6.92 Å². The van der Waals surface area contributed by atoms with E-state index in [0.717, 1.165) is 0 Å². The molecule has 0 aliphatic carbocycles. The van der Waals surface area contributed by atoms with Crippen LogP contribution in [-0.4, -0.2) is 25.1 Å². The quantitative estimate of drug-likeness (QED) is 0.521. The maximum Gasteiger partial charge on any atom is 0.0895 e. The van der Waals surface area contributed by atoms with E-state index in [1.807, 2.05) is 0 Å². The summed E-state index contributed by atoms with van der Waals surface area (Å²) in [5.74, 6) is 0. The van der Waals surface area contributed by atoms with Gasteiger partial charge in [0, 0.05) is 7.11 Å². The first-order valence-corrected chi connectivity index (χ1v) is 2.30. The fourth-order valence-corrected chi connectivity index (χ4v) is 0.253. The van der Waals surface area contributed by atoms with E-state index in [0.29, 0.717) is 0 Å². The van der Waals surface area contributed by atoms with Crippen LogP contribution in [0.25, 0.3) is 0 Å². The predicted octanol–water partition coefficient (Wildman–Crippen LogP) is 0.692. The van der Waals surface area contributed by atoms with Gasteiger partial charge in [0.25, 0.3) is 0 Å². The topological polar surface area (TPSA) is 56.9 Å². The molecule has 0 saturated carbocycles. The van der Waals surface area contributed by atoms with E-state index in [9.17, 15) is 0 Å². The van der Waals surface area contributed by atoms with Crippen LogP contribution in [0.3, 0.4) is 0 Å². The molecule has 0 bridgehead atoms. The Morgan fingerprint density at radius 1 is 1.50 bits per heavy atom. The Balaban J connectivity index is 3.49. The number of hydrogen-bond donors (Lipinski definition) is 2. The van der Waals surface area contributed by atoms with Crippen LogP contribution in [0.15, 0.2) is 0 Å². The van der Waals surface area contributed by atoms with E-state index < -0.39 is 0 Å². The molecule has 0 aromatic carbocycles. The molecule has 0 unspecified atom stereocenters. The highest BCUT2D eigenvalue weighted by molar-refractivity contribution is 6.39. The summed E-state index contributed by atoms with van der Waals surface area (Å²) < 4.78 is 4.60. The second-order valence-electron chi connectivity index (χ2n) is 1.54. The Bertz CT molecular complexity index is 109. The van der Waals surface area contributed by atoms with Crippen LogP contribution in [0.5, 0.6) is 0 Å². The van der Waals surface area contributed by atoms with Gasteiger partial charge in [0.15, 0.2) is 0 Å². The zero-order chi connectivity index (χ0) is 6.57. The summed E-state index contributed by atoms with van der Waals surface area (Å²) in [4.78, 5) is 0. The third-order valence-electron chi connectivity index (χ3n) is 0.741. The summed E-state index contributed by atoms with van der Waals surface area (Å²) in [5, 5.41) is 13.9. The smallest absolute Gasteiger partial charge is 0.0895 e. The van der Waals surface area contributed by atoms with Crippen molar-refractivity contribution in [3.05, 3.63) is 0 Å². The van der Waals surface area contributed by atoms with Gasteiger partial charge >= 0.3 is 0 Å². The van der Waals surface area contributed by atoms with Crippen LogP contribution in [0.1, 0.15) is 6.92 Å². The summed E-state index contributed by atoms with van der Waals surface area (Å²) in [5.41, 5.74) is 0.513. The molecule has 0 rings (SSSR count). The van der Waals surface area contributed by atoms with Crippen molar-refractivity contribution in [3.8, 4) is 0 Å². The molecule has 0 aromatic rings. The first-order chi connectivity index (χ1) is 3.68. The molecule has 8 heavy (non-hydrogen) atoms. The molecule has 0 aromatic heterocycles. The van der Waals surface area contributed by atoms with Gasteiger partial charge in [-0.3, -0.25) is 0 Å². The Labute approximate surface area is 48.7 Å². The molecule has 3 heteroatoms. The fourth-order valence-electron chi connectivity index (χ4n) is 0.253. The van der Waals surface area contributed by atoms with E-state index in [-0.39, 0.29) is 18.0 Å². The molecule has 0 heterocycles. The van der Waals surface area contributed by atoms with Crippen LogP contribution in [0, 0.1) is 10.8 Å². The zero-order valence-corrected chi connectivity index (χ0v) is 5.12. The van der Waals surface area contributed by atoms with Gasteiger partial charge in [-0.2, -0.15) is 0 Å². The summed E-state index contributed by atoms with van der Waals surface area (Å²) in [7, 11) is 1.51. The Morgan fingerprint density at radius 3 is 2.12 bits per heavy atom. The van der Waals surface area contributed by atoms with Crippen LogP contribution in [0.2, 0.25) is 0 Å². The largest absolute Gasteiger partial charge is 0.378 e. The maximum atomic E-state index is 6.99. The van der Waals surface area contributed by atoms with E-state index in [1.54, 1.807) is 6.92 Å². The van der Waals surface area contributed by atoms with Gasteiger partial charge in [-0.25, -0.2) is 0 Å². The van der Waals surface area contributed by atoms with Gasteiger partial charge in [-0.1, -0.05) is 0 Å². The number of rotatable bonds is 3. The molecule has 0 radical (unpaired) electrons. The molecule has 0 aliphatic rings. The minimum absolute atomic E-state index is 0.243. The minimum atomic E-state index is 0.243. The van der Waals surface area contributed by atoms with E-state index in [2.05, 4.69) is 4.74 Å². The van der Waals surface area contributed by atoms with Crippen LogP contribution in [0.4, 0.5) is 0 Å². The van der Waals surface area contributed by atoms with Gasteiger partial charge < -0.3 is 15.6 Å². The van der Waals surface area contributed by atoms with Crippen molar-refractivity contribution in [1.29, 1.82) is 10.8 Å². The zero-order valence-electron chi connectivity index (χ0n) is 5.12. The van der Waals surface area contributed by atoms with Crippen LogP contribution >= 0.6 is 0 Å². The number of hydrogen-bond acceptors (Lipinski definition) is 3. The molecular formula is C5H10N2O. The lowest BCUT2D eigenvalue weighted by Crippen LogP contribution is -2.13. The maximum absolute atomic E-state index is 6.99. The number of nitrogens with one attached hydrogen (secondary N) is 2. The molecule has 2 N–H and O–H groups in total. The number of methoxy groups -OCH3 is 1. The third kappa shape index (κ3) is 2.47. The summed E-state index contributed by atoms with van der Waals surface area (Å²) in [6.45, 7) is 1.82. The average molecular weight is 114 g/mol. The molecule has 0 atom stereocenters. The highest BCUT2D eigenvalue weighted by atomic mass is 16.5. The second-order valence-corrected chi connectivity index (χ2v) is 1.54. The average Bonchev–Trinajstić information content (AvgIpc) is 1.67. The third-order valence-corrected chi connectivity index (χ3v) is 0.741. The first kappa shape index (κ1) is 7.30. The number of ether oxygens (including phenoxy) is 1. The normalized spacial score (nSPS) is 8.75. The Kier molecular flexibility index (Phi) is 3.03. The van der Waals surface area contributed by atoms with Gasteiger partial charge in [-0.15, -0.1) is 0 Å². The predicted molar refractivity (Wildman–Crippen MR) is 33.0 cm³/mol. The van der Waals surface area contributed by atoms with Gasteiger partial charge in [0.1, 0.15) is 0 Å². The molecule has 0 fully saturated rings. The van der Waals surface area contributed by atoms with Crippen molar-refractivity contribution < 1.29 is 4.74 Å². The van der Waals surface area contributed by atoms with Gasteiger partial charge in [0.05, 0.1) is 18.0 Å². The molecule has 46 valence electrons. The summed E-state index contributed by atoms with van der Waals surface area (Å²) in [6, 6.07) is 0. The summed E-state index contributed by atoms with van der Waals surface area (Å²) in [6.07, 6.45) is 0. The van der Waals surface area contributed by atoms with Crippen LogP contribution < -0.4 is 0 Å². The monoisotopic (exact) mass is 114 g/mol. The lowest BCUT2D eigenvalue weighted by molar-refractivity contribution is 0.246. The first-order valence-electron chi connectivity index (χ1n) is 2.30. The highest BCUT2D eigenvalue weighted by Gasteiger charge is 1.94. The summed E-state index contributed by atoms with van der Waals surface area (Å²) >= 11 is 0. The Morgan fingerprint density at radius 2 is 2.00 bits per heavy atom. The Hall–Kier alpha value is -0.700. The second kappa shape index (κ2) is 3.32. The molecule has 3 nitrogen and oxygen atoms in total. The highest BCUT2D eigenvalue weighted by Crippen LogP contribution is 1.76. The van der Waals surface area contributed by atoms with E-state index >= 15 is 0 Å². The van der Waals surface area contributed by atoms with Gasteiger partial charge in [-0.05, 0) is 6.92 Å². The van der Waals surface area contributed by atoms with Crippen molar-refractivity contribution in [3.63, 3.8) is 0 Å². The van der Waals surface area contributed by atoms with Crippen molar-refractivity contribution >= 4 is 11.4 Å². The SMILES string of the molecule is COCC(=N)C(C)=N. The lowest BCUT2D eigenvalue weighted by Gasteiger charge is -1.96. The van der Waals surface area contributed by atoms with Crippen molar-refractivity contribution in [1.82, 2.24) is 0 Å². The van der Waals surface area contributed by atoms with E-state index in [1.165, 1.54) is 7.11 Å². The molecule has 0 aliphatic heterocycles. The fraction of sp³-hybridized carbons (Fsp3) is 0.600. The van der Waals surface area contributed by atoms with E-state index in [4.69, 9.17) is 10.8 Å². The molecular weight excluding hydrogens is 104 g/mol. The molecule has 0 amide bonds. The molecule has 0 saturated heterocycles. The minimum Gasteiger partial charge on any atom is -0.378 e.